The highest BCUT2D eigenvalue weighted by molar-refractivity contribution is 6.07. The lowest BCUT2D eigenvalue weighted by atomic mass is 10.1. The largest absolute Gasteiger partial charge is 0.324 e. The van der Waals surface area contributed by atoms with Gasteiger partial charge in [0.1, 0.15) is 11.9 Å². The highest BCUT2D eigenvalue weighted by atomic mass is 16.2. The standard InChI is InChI=1S/C15H17N5O2/c1-9(2)13-18-15-17-12(21)8-11(20(15)19-13)14(22)16-10-6-4-3-5-7-10/h3-7,11,19H,8H2,1-2H3,(H,16,22)(H,17,18,21)/t11-/m1/s1. The van der Waals surface area contributed by atoms with Crippen LogP contribution in [0, 0.1) is 0 Å². The van der Waals surface area contributed by atoms with Crippen LogP contribution in [0.3, 0.4) is 0 Å². The Kier molecular flexibility index (Phi) is 3.54. The third-order valence-corrected chi connectivity index (χ3v) is 3.43. The van der Waals surface area contributed by atoms with Crippen molar-refractivity contribution < 1.29 is 9.59 Å². The Morgan fingerprint density at radius 3 is 2.73 bits per heavy atom. The normalized spacial score (nSPS) is 19.8. The molecule has 7 nitrogen and oxygen atoms in total. The first-order valence-electron chi connectivity index (χ1n) is 7.02. The number of amides is 2. The average molecular weight is 299 g/mol. The van der Waals surface area contributed by atoms with Gasteiger partial charge in [0.2, 0.25) is 17.8 Å². The zero-order valence-electron chi connectivity index (χ0n) is 12.4. The number of aliphatic imine (C=N–C) groups is 1. The first kappa shape index (κ1) is 14.1. The molecule has 2 amide bonds. The summed E-state index contributed by atoms with van der Waals surface area (Å²) in [4.78, 5) is 28.6. The Labute approximate surface area is 128 Å². The molecule has 3 rings (SSSR count). The predicted molar refractivity (Wildman–Crippen MR) is 82.4 cm³/mol. The molecule has 22 heavy (non-hydrogen) atoms. The van der Waals surface area contributed by atoms with Crippen LogP contribution in [0.2, 0.25) is 0 Å². The van der Waals surface area contributed by atoms with Crippen LogP contribution in [0.4, 0.5) is 5.69 Å². The first-order valence-corrected chi connectivity index (χ1v) is 7.02. The quantitative estimate of drug-likeness (QED) is 0.758. The van der Waals surface area contributed by atoms with Gasteiger partial charge in [0.25, 0.3) is 0 Å². The summed E-state index contributed by atoms with van der Waals surface area (Å²) < 4.78 is 0. The molecule has 114 valence electrons. The van der Waals surface area contributed by atoms with Crippen molar-refractivity contribution in [1.82, 2.24) is 15.8 Å². The summed E-state index contributed by atoms with van der Waals surface area (Å²) >= 11 is 0. The fraction of sp³-hybridized carbons (Fsp3) is 0.267. The van der Waals surface area contributed by atoms with Crippen LogP contribution in [0.25, 0.3) is 0 Å². The Balaban J connectivity index is 1.81. The predicted octanol–water partition coefficient (Wildman–Crippen LogP) is 0.941. The second kappa shape index (κ2) is 5.51. The van der Waals surface area contributed by atoms with Gasteiger partial charge in [0.05, 0.1) is 6.42 Å². The smallest absolute Gasteiger partial charge is 0.249 e. The number of anilines is 1. The Hall–Kier alpha value is -2.83. The summed E-state index contributed by atoms with van der Waals surface area (Å²) in [6, 6.07) is 8.50. The number of allylic oxidation sites excluding steroid dienone is 1. The number of nitrogens with one attached hydrogen (secondary N) is 3. The molecule has 0 spiro atoms. The topological polar surface area (TPSA) is 85.8 Å². The van der Waals surface area contributed by atoms with E-state index in [-0.39, 0.29) is 18.2 Å². The Morgan fingerprint density at radius 1 is 1.32 bits per heavy atom. The number of hydrazine groups is 1. The highest BCUT2D eigenvalue weighted by Crippen LogP contribution is 2.19. The maximum Gasteiger partial charge on any atom is 0.249 e. The molecule has 0 bridgehead atoms. The molecular weight excluding hydrogens is 282 g/mol. The van der Waals surface area contributed by atoms with Crippen LogP contribution in [0.15, 0.2) is 46.7 Å². The fourth-order valence-electron chi connectivity index (χ4n) is 2.29. The molecular formula is C15H17N5O2. The van der Waals surface area contributed by atoms with E-state index in [0.717, 1.165) is 5.57 Å². The van der Waals surface area contributed by atoms with Crippen LogP contribution in [0.5, 0.6) is 0 Å². The van der Waals surface area contributed by atoms with Crippen molar-refractivity contribution in [2.75, 3.05) is 5.32 Å². The van der Waals surface area contributed by atoms with Crippen molar-refractivity contribution in [3.8, 4) is 0 Å². The second-order valence-electron chi connectivity index (χ2n) is 5.39. The molecule has 0 unspecified atom stereocenters. The molecule has 7 heteroatoms. The van der Waals surface area contributed by atoms with Crippen LogP contribution >= 0.6 is 0 Å². The van der Waals surface area contributed by atoms with Gasteiger partial charge in [-0.2, -0.15) is 4.99 Å². The lowest BCUT2D eigenvalue weighted by Crippen LogP contribution is -2.61. The zero-order valence-corrected chi connectivity index (χ0v) is 12.4. The molecule has 1 atom stereocenters. The zero-order chi connectivity index (χ0) is 15.7. The third-order valence-electron chi connectivity index (χ3n) is 3.43. The van der Waals surface area contributed by atoms with E-state index >= 15 is 0 Å². The summed E-state index contributed by atoms with van der Waals surface area (Å²) in [5.41, 5.74) is 4.73. The minimum Gasteiger partial charge on any atom is -0.324 e. The van der Waals surface area contributed by atoms with Gasteiger partial charge in [-0.15, -0.1) is 0 Å². The van der Waals surface area contributed by atoms with Gasteiger partial charge < -0.3 is 5.32 Å². The minimum atomic E-state index is -0.649. The van der Waals surface area contributed by atoms with Gasteiger partial charge >= 0.3 is 0 Å². The van der Waals surface area contributed by atoms with E-state index in [4.69, 9.17) is 0 Å². The van der Waals surface area contributed by atoms with Crippen LogP contribution in [0.1, 0.15) is 20.3 Å². The summed E-state index contributed by atoms with van der Waals surface area (Å²) in [5, 5.41) is 7.09. The van der Waals surface area contributed by atoms with Gasteiger partial charge in [-0.1, -0.05) is 18.2 Å². The van der Waals surface area contributed by atoms with Crippen LogP contribution in [-0.2, 0) is 9.59 Å². The number of rotatable bonds is 2. The van der Waals surface area contributed by atoms with E-state index in [1.165, 1.54) is 0 Å². The Bertz CT molecular complexity index is 676. The van der Waals surface area contributed by atoms with Crippen molar-refractivity contribution in [2.24, 2.45) is 4.99 Å². The fourth-order valence-corrected chi connectivity index (χ4v) is 2.29. The summed E-state index contributed by atoms with van der Waals surface area (Å²) in [6.07, 6.45) is 0.0702. The molecule has 2 aliphatic heterocycles. The molecule has 3 N–H and O–H groups in total. The van der Waals surface area contributed by atoms with Gasteiger partial charge in [0, 0.05) is 5.69 Å². The van der Waals surface area contributed by atoms with Crippen LogP contribution in [-0.4, -0.2) is 28.8 Å². The number of hydrogen-bond acceptors (Lipinski definition) is 5. The van der Waals surface area contributed by atoms with E-state index in [1.807, 2.05) is 32.0 Å². The van der Waals surface area contributed by atoms with E-state index in [0.29, 0.717) is 17.5 Å². The van der Waals surface area contributed by atoms with Crippen molar-refractivity contribution in [3.63, 3.8) is 0 Å². The average Bonchev–Trinajstić information content (AvgIpc) is 2.91. The maximum atomic E-state index is 12.5. The number of benzene rings is 1. The van der Waals surface area contributed by atoms with E-state index < -0.39 is 6.04 Å². The number of hydrogen-bond donors (Lipinski definition) is 3. The molecule has 0 aromatic heterocycles. The lowest BCUT2D eigenvalue weighted by molar-refractivity contribution is -0.129. The summed E-state index contributed by atoms with van der Waals surface area (Å²) in [7, 11) is 0. The van der Waals surface area contributed by atoms with Crippen molar-refractivity contribution in [1.29, 1.82) is 0 Å². The Morgan fingerprint density at radius 2 is 2.05 bits per heavy atom. The molecule has 2 heterocycles. The number of carbonyl (C=O) groups is 2. The number of nitrogens with zero attached hydrogens (tertiary/aromatic N) is 2. The SMILES string of the molecule is CC(C)=C1N=C2NC(=O)C[C@H](C(=O)Nc3ccccc3)N2N1. The molecule has 1 fully saturated rings. The third kappa shape index (κ3) is 2.65. The van der Waals surface area contributed by atoms with Crippen LogP contribution < -0.4 is 16.1 Å². The molecule has 2 aliphatic rings. The molecule has 0 radical (unpaired) electrons. The molecule has 1 aromatic carbocycles. The molecule has 1 saturated heterocycles. The number of guanidine groups is 1. The van der Waals surface area contributed by atoms with E-state index in [1.54, 1.807) is 17.1 Å². The van der Waals surface area contributed by atoms with Crippen molar-refractivity contribution in [3.05, 3.63) is 41.7 Å². The maximum absolute atomic E-state index is 12.5. The number of carbonyl (C=O) groups excluding carboxylic acids is 2. The molecule has 1 aromatic rings. The summed E-state index contributed by atoms with van der Waals surface area (Å²) in [6.45, 7) is 3.82. The summed E-state index contributed by atoms with van der Waals surface area (Å²) in [5.74, 6) is 0.534. The number of para-hydroxylation sites is 1. The second-order valence-corrected chi connectivity index (χ2v) is 5.39. The van der Waals surface area contributed by atoms with E-state index in [9.17, 15) is 9.59 Å². The van der Waals surface area contributed by atoms with Gasteiger partial charge in [-0.25, -0.2) is 5.01 Å². The lowest BCUT2D eigenvalue weighted by Gasteiger charge is -2.32. The van der Waals surface area contributed by atoms with E-state index in [2.05, 4.69) is 21.1 Å². The number of fused-ring (bicyclic) bond motifs is 1. The van der Waals surface area contributed by atoms with Gasteiger partial charge in [-0.3, -0.25) is 20.3 Å². The van der Waals surface area contributed by atoms with Crippen molar-refractivity contribution in [2.45, 2.75) is 26.3 Å². The van der Waals surface area contributed by atoms with Gasteiger partial charge in [-0.05, 0) is 31.6 Å². The monoisotopic (exact) mass is 299 g/mol. The van der Waals surface area contributed by atoms with Crippen molar-refractivity contribution >= 4 is 23.5 Å². The highest BCUT2D eigenvalue weighted by Gasteiger charge is 2.39. The molecule has 0 saturated carbocycles. The van der Waals surface area contributed by atoms with Gasteiger partial charge in [0.15, 0.2) is 0 Å². The first-order chi connectivity index (χ1) is 10.5. The molecule has 0 aliphatic carbocycles. The minimum absolute atomic E-state index is 0.0702.